The van der Waals surface area contributed by atoms with E-state index in [4.69, 9.17) is 4.42 Å². The number of carbonyl (C=O) groups excluding carboxylic acids is 2. The number of hydrazone groups is 1. The van der Waals surface area contributed by atoms with E-state index in [9.17, 15) is 19.7 Å². The smallest absolute Gasteiger partial charge is 0.404 e. The van der Waals surface area contributed by atoms with Crippen molar-refractivity contribution >= 4 is 45.0 Å². The molecule has 1 saturated carbocycles. The van der Waals surface area contributed by atoms with Gasteiger partial charge in [-0.1, -0.05) is 25.0 Å². The Labute approximate surface area is 208 Å². The predicted molar refractivity (Wildman–Crippen MR) is 131 cm³/mol. The summed E-state index contributed by atoms with van der Waals surface area (Å²) in [5.41, 5.74) is 4.44. The van der Waals surface area contributed by atoms with E-state index in [2.05, 4.69) is 36.9 Å². The van der Waals surface area contributed by atoms with Crippen molar-refractivity contribution in [2.45, 2.75) is 39.2 Å². The second-order valence-electron chi connectivity index (χ2n) is 8.21. The predicted octanol–water partition coefficient (Wildman–Crippen LogP) is 4.48. The number of furan rings is 1. The molecule has 1 aliphatic rings. The third-order valence-corrected chi connectivity index (χ3v) is 6.23. The molecule has 0 spiro atoms. The number of nitro groups is 1. The Bertz CT molecular complexity index is 1290. The first-order chi connectivity index (χ1) is 16.8. The lowest BCUT2D eigenvalue weighted by atomic mass is 10.1. The van der Waals surface area contributed by atoms with Gasteiger partial charge in [0.15, 0.2) is 5.76 Å². The molecule has 0 aliphatic heterocycles. The van der Waals surface area contributed by atoms with Gasteiger partial charge >= 0.3 is 11.7 Å². The Hall–Kier alpha value is -3.80. The zero-order chi connectivity index (χ0) is 24.9. The van der Waals surface area contributed by atoms with Gasteiger partial charge in [-0.2, -0.15) is 9.78 Å². The standard InChI is InChI=1S/C23H23BrN6O5/c1-14(16-7-4-8-17(11-16)25-22(31)15-5-2-3-6-15)26-27-23(32)20-10-9-18(35-20)12-29-13-19(24)21(28-29)30(33)34/h4,7-11,13,15H,2-3,5-6,12H2,1H3,(H,25,31)(H,27,32)/b26-14+. The molecule has 182 valence electrons. The third kappa shape index (κ3) is 6.01. The molecular weight excluding hydrogens is 520 g/mol. The second-order valence-corrected chi connectivity index (χ2v) is 9.07. The Morgan fingerprint density at radius 3 is 2.77 bits per heavy atom. The normalized spacial score (nSPS) is 14.2. The van der Waals surface area contributed by atoms with Gasteiger partial charge in [-0.3, -0.25) is 9.59 Å². The third-order valence-electron chi connectivity index (χ3n) is 5.67. The molecule has 1 aliphatic carbocycles. The van der Waals surface area contributed by atoms with Gasteiger partial charge in [0, 0.05) is 11.6 Å². The minimum absolute atomic E-state index is 0.0354. The SMILES string of the molecule is C/C(=N\NC(=O)c1ccc(Cn2cc(Br)c([N+](=O)[O-])n2)o1)c1cccc(NC(=O)C2CCCC2)c1. The number of hydrogen-bond donors (Lipinski definition) is 2. The first-order valence-corrected chi connectivity index (χ1v) is 11.8. The number of amides is 2. The van der Waals surface area contributed by atoms with Gasteiger partial charge in [-0.25, -0.2) is 5.43 Å². The first kappa shape index (κ1) is 24.3. The average molecular weight is 543 g/mol. The van der Waals surface area contributed by atoms with Gasteiger partial charge in [0.25, 0.3) is 0 Å². The van der Waals surface area contributed by atoms with E-state index < -0.39 is 10.8 Å². The minimum Gasteiger partial charge on any atom is -0.454 e. The molecule has 1 fully saturated rings. The molecule has 4 rings (SSSR count). The van der Waals surface area contributed by atoms with E-state index >= 15 is 0 Å². The molecule has 0 atom stereocenters. The van der Waals surface area contributed by atoms with Gasteiger partial charge in [0.2, 0.25) is 5.91 Å². The van der Waals surface area contributed by atoms with Crippen LogP contribution in [0.3, 0.4) is 0 Å². The van der Waals surface area contributed by atoms with Crippen LogP contribution < -0.4 is 10.7 Å². The molecular formula is C23H23BrN6O5. The summed E-state index contributed by atoms with van der Waals surface area (Å²) in [5, 5.41) is 21.9. The van der Waals surface area contributed by atoms with Crippen molar-refractivity contribution in [1.82, 2.24) is 15.2 Å². The Morgan fingerprint density at radius 2 is 2.06 bits per heavy atom. The highest BCUT2D eigenvalue weighted by atomic mass is 79.9. The molecule has 2 amide bonds. The lowest BCUT2D eigenvalue weighted by Gasteiger charge is -2.11. The molecule has 12 heteroatoms. The van der Waals surface area contributed by atoms with Crippen molar-refractivity contribution in [3.8, 4) is 0 Å². The fourth-order valence-corrected chi connectivity index (χ4v) is 4.31. The fourth-order valence-electron chi connectivity index (χ4n) is 3.84. The quantitative estimate of drug-likeness (QED) is 0.244. The van der Waals surface area contributed by atoms with E-state index in [0.717, 1.165) is 31.2 Å². The molecule has 0 bridgehead atoms. The fraction of sp³-hybridized carbons (Fsp3) is 0.304. The molecule has 35 heavy (non-hydrogen) atoms. The molecule has 11 nitrogen and oxygen atoms in total. The number of aromatic nitrogens is 2. The van der Waals surface area contributed by atoms with E-state index in [1.165, 1.54) is 16.9 Å². The number of carbonyl (C=O) groups is 2. The van der Waals surface area contributed by atoms with Gasteiger partial charge in [-0.05, 0) is 70.4 Å². The van der Waals surface area contributed by atoms with Gasteiger partial charge in [-0.15, -0.1) is 0 Å². The second kappa shape index (κ2) is 10.6. The van der Waals surface area contributed by atoms with Crippen molar-refractivity contribution in [3.63, 3.8) is 0 Å². The first-order valence-electron chi connectivity index (χ1n) is 11.0. The van der Waals surface area contributed by atoms with Crippen LogP contribution >= 0.6 is 15.9 Å². The van der Waals surface area contributed by atoms with Gasteiger partial charge in [0.1, 0.15) is 16.8 Å². The molecule has 0 unspecified atom stereocenters. The molecule has 2 N–H and O–H groups in total. The maximum Gasteiger partial charge on any atom is 0.404 e. The maximum absolute atomic E-state index is 12.5. The summed E-state index contributed by atoms with van der Waals surface area (Å²) in [6.45, 7) is 1.86. The van der Waals surface area contributed by atoms with Crippen LogP contribution in [0.1, 0.15) is 54.5 Å². The summed E-state index contributed by atoms with van der Waals surface area (Å²) < 4.78 is 7.12. The van der Waals surface area contributed by atoms with Crippen LogP contribution in [0.25, 0.3) is 0 Å². The molecule has 2 heterocycles. The zero-order valence-electron chi connectivity index (χ0n) is 18.9. The number of halogens is 1. The zero-order valence-corrected chi connectivity index (χ0v) is 20.4. The lowest BCUT2D eigenvalue weighted by molar-refractivity contribution is -0.390. The number of nitrogens with zero attached hydrogens (tertiary/aromatic N) is 4. The van der Waals surface area contributed by atoms with Crippen molar-refractivity contribution in [3.05, 3.63) is 74.3 Å². The highest BCUT2D eigenvalue weighted by Crippen LogP contribution is 2.26. The highest BCUT2D eigenvalue weighted by Gasteiger charge is 2.23. The monoisotopic (exact) mass is 542 g/mol. The summed E-state index contributed by atoms with van der Waals surface area (Å²) in [5.74, 6) is -0.319. The largest absolute Gasteiger partial charge is 0.454 e. The van der Waals surface area contributed by atoms with Crippen LogP contribution in [0.15, 0.2) is 56.6 Å². The van der Waals surface area contributed by atoms with Crippen molar-refractivity contribution in [2.24, 2.45) is 11.0 Å². The van der Waals surface area contributed by atoms with Crippen molar-refractivity contribution < 1.29 is 18.9 Å². The molecule has 0 saturated heterocycles. The minimum atomic E-state index is -0.596. The van der Waals surface area contributed by atoms with E-state index in [-0.39, 0.29) is 34.4 Å². The van der Waals surface area contributed by atoms with E-state index in [1.807, 2.05) is 24.3 Å². The summed E-state index contributed by atoms with van der Waals surface area (Å²) in [6, 6.07) is 10.4. The average Bonchev–Trinajstić information content (AvgIpc) is 3.59. The van der Waals surface area contributed by atoms with Gasteiger partial charge in [0.05, 0.1) is 17.0 Å². The van der Waals surface area contributed by atoms with Crippen LogP contribution in [0.2, 0.25) is 0 Å². The number of hydrogen-bond acceptors (Lipinski definition) is 7. The highest BCUT2D eigenvalue weighted by molar-refractivity contribution is 9.10. The van der Waals surface area contributed by atoms with Crippen LogP contribution in [-0.4, -0.2) is 32.2 Å². The topological polar surface area (TPSA) is 145 Å². The van der Waals surface area contributed by atoms with Crippen LogP contribution in [0.5, 0.6) is 0 Å². The number of rotatable bonds is 8. The van der Waals surface area contributed by atoms with E-state index in [0.29, 0.717) is 17.2 Å². The molecule has 3 aromatic rings. The maximum atomic E-state index is 12.5. The van der Waals surface area contributed by atoms with Gasteiger partial charge < -0.3 is 19.8 Å². The van der Waals surface area contributed by atoms with Crippen molar-refractivity contribution in [2.75, 3.05) is 5.32 Å². The summed E-state index contributed by atoms with van der Waals surface area (Å²) in [7, 11) is 0. The molecule has 0 radical (unpaired) electrons. The Kier molecular flexibility index (Phi) is 7.39. The summed E-state index contributed by atoms with van der Waals surface area (Å²) >= 11 is 3.09. The number of benzene rings is 1. The van der Waals surface area contributed by atoms with E-state index in [1.54, 1.807) is 13.0 Å². The Balaban J connectivity index is 1.36. The summed E-state index contributed by atoms with van der Waals surface area (Å²) in [4.78, 5) is 35.2. The summed E-state index contributed by atoms with van der Waals surface area (Å²) in [6.07, 6.45) is 5.48. The van der Waals surface area contributed by atoms with Crippen LogP contribution in [0, 0.1) is 16.0 Å². The molecule has 1 aromatic carbocycles. The number of anilines is 1. The van der Waals surface area contributed by atoms with Crippen LogP contribution in [0.4, 0.5) is 11.5 Å². The van der Waals surface area contributed by atoms with Crippen molar-refractivity contribution in [1.29, 1.82) is 0 Å². The Morgan fingerprint density at radius 1 is 1.29 bits per heavy atom. The lowest BCUT2D eigenvalue weighted by Crippen LogP contribution is -2.20. The molecule has 2 aromatic heterocycles. The van der Waals surface area contributed by atoms with Crippen LogP contribution in [-0.2, 0) is 11.3 Å². The number of nitrogens with one attached hydrogen (secondary N) is 2.